The molecule has 0 spiro atoms. The van der Waals surface area contributed by atoms with Crippen molar-refractivity contribution >= 4 is 126 Å². The molecule has 0 bridgehead atoms. The number of anilines is 8. The van der Waals surface area contributed by atoms with Crippen molar-refractivity contribution in [3.63, 3.8) is 0 Å². The topological polar surface area (TPSA) is 297 Å². The number of carbonyl (C=O) groups excluding carboxylic acids is 8. The normalized spacial score (nSPS) is 18.5. The molecule has 8 aromatic rings. The zero-order valence-corrected chi connectivity index (χ0v) is 57.6. The number of pyridine rings is 4. The lowest BCUT2D eigenvalue weighted by molar-refractivity contribution is 0.0664. The molecule has 100 heavy (non-hydrogen) atoms. The summed E-state index contributed by atoms with van der Waals surface area (Å²) in [6.07, 6.45) is 15.4. The predicted octanol–water partition coefficient (Wildman–Crippen LogP) is 15.6. The third kappa shape index (κ3) is 14.7. The molecule has 4 unspecified atom stereocenters. The average molecular weight is 1480 g/mol. The van der Waals surface area contributed by atoms with Gasteiger partial charge >= 0.3 is 24.1 Å². The molecule has 4 aromatic carbocycles. The first kappa shape index (κ1) is 67.9. The van der Waals surface area contributed by atoms with Crippen LogP contribution in [0.25, 0.3) is 0 Å². The van der Waals surface area contributed by atoms with Crippen LogP contribution in [0.5, 0.6) is 0 Å². The molecule has 4 atom stereocenters. The summed E-state index contributed by atoms with van der Waals surface area (Å²) < 4.78 is 14.6. The standard InChI is InChI=1S/C19H20N4O2.2C18H17BrN4O2.C18H17FN4O2/c1-12-6-5-10-20-17(12)22-19(25)21-14-8-4-7-13-16(14)15-9-2-3-11-23(15)18(13)24;19-14-8-4-9-15(21-14)22-18(25)20-12-6-3-5-11-16(12)13-7-1-2-10-23(13)17(11)24;19-11-7-8-15(20-10-11)22-18(25)21-13-5-3-4-12-16(13)14-6-1-2-9-23(14)17(12)24;19-14-8-4-9-15(21-14)22-18(25)20-12-6-3-5-11-16(12)13-7-1-2-10-23(13)17(11)24/h4-8,10,15H,2-3,9,11H2,1H3,(H2,20,21,22,25);3-6,8-9,13H,1-2,7,10H2,(H2,20,21,22,25);3-5,7-8,10,14H,1-2,6,9H2,(H2,20,21,22,25);3-6,8-9,13H,1-2,7,10H2,(H2,20,21,22,25). The predicted molar refractivity (Wildman–Crippen MR) is 384 cm³/mol. The van der Waals surface area contributed by atoms with Crippen molar-refractivity contribution in [2.45, 2.75) is 108 Å². The minimum absolute atomic E-state index is 0.0139. The lowest BCUT2D eigenvalue weighted by Gasteiger charge is -2.30. The quantitative estimate of drug-likeness (QED) is 0.0659. The molecule has 12 amide bonds. The van der Waals surface area contributed by atoms with Gasteiger partial charge < -0.3 is 40.9 Å². The highest BCUT2D eigenvalue weighted by Crippen LogP contribution is 2.48. The minimum Gasteiger partial charge on any atom is -0.331 e. The Kier molecular flexibility index (Phi) is 20.5. The van der Waals surface area contributed by atoms with E-state index in [0.717, 1.165) is 136 Å². The molecule has 0 radical (unpaired) electrons. The summed E-state index contributed by atoms with van der Waals surface area (Å²) in [5, 5.41) is 22.1. The number of rotatable bonds is 8. The van der Waals surface area contributed by atoms with E-state index in [1.807, 2.05) is 93.3 Å². The summed E-state index contributed by atoms with van der Waals surface area (Å²) >= 11 is 6.59. The fourth-order valence-corrected chi connectivity index (χ4v) is 15.1. The fraction of sp³-hybridized carbons (Fsp3) is 0.288. The van der Waals surface area contributed by atoms with E-state index in [-0.39, 0.29) is 71.7 Å². The van der Waals surface area contributed by atoms with Gasteiger partial charge in [0.05, 0.1) is 24.2 Å². The molecule has 8 aliphatic rings. The number of hydrogen-bond donors (Lipinski definition) is 8. The molecule has 4 fully saturated rings. The molecular weight excluding hydrogens is 1410 g/mol. The number of fused-ring (bicyclic) bond motifs is 12. The van der Waals surface area contributed by atoms with E-state index in [9.17, 15) is 42.7 Å². The number of carbonyl (C=O) groups is 8. The Bertz CT molecular complexity index is 4390. The smallest absolute Gasteiger partial charge is 0.324 e. The number of amides is 12. The Hall–Kier alpha value is -10.7. The van der Waals surface area contributed by atoms with Crippen LogP contribution in [0, 0.1) is 12.9 Å². The Morgan fingerprint density at radius 1 is 0.400 bits per heavy atom. The molecule has 0 aliphatic carbocycles. The van der Waals surface area contributed by atoms with Gasteiger partial charge in [-0.1, -0.05) is 42.5 Å². The Morgan fingerprint density at radius 2 is 0.770 bits per heavy atom. The van der Waals surface area contributed by atoms with Crippen molar-refractivity contribution in [2.75, 3.05) is 68.7 Å². The van der Waals surface area contributed by atoms with Crippen LogP contribution in [0.15, 0.2) is 155 Å². The maximum absolute atomic E-state index is 13.1. The van der Waals surface area contributed by atoms with Crippen molar-refractivity contribution in [1.29, 1.82) is 0 Å². The first-order valence-corrected chi connectivity index (χ1v) is 35.0. The number of aryl methyl sites for hydroxylation is 1. The van der Waals surface area contributed by atoms with Crippen LogP contribution >= 0.6 is 31.9 Å². The molecule has 24 nitrogen and oxygen atoms in total. The number of hydrogen-bond acceptors (Lipinski definition) is 12. The van der Waals surface area contributed by atoms with E-state index >= 15 is 0 Å². The van der Waals surface area contributed by atoms with E-state index in [1.54, 1.807) is 60.9 Å². The summed E-state index contributed by atoms with van der Waals surface area (Å²) in [5.41, 5.74) is 10.0. The highest BCUT2D eigenvalue weighted by atomic mass is 79.9. The van der Waals surface area contributed by atoms with Crippen LogP contribution in [0.4, 0.5) is 69.6 Å². The monoisotopic (exact) mass is 1480 g/mol. The summed E-state index contributed by atoms with van der Waals surface area (Å²) in [5.74, 6) is 1.14. The molecule has 8 aliphatic heterocycles. The number of nitrogens with zero attached hydrogens (tertiary/aromatic N) is 8. The van der Waals surface area contributed by atoms with Crippen molar-refractivity contribution in [1.82, 2.24) is 39.5 Å². The Balaban J connectivity index is 0.000000119. The zero-order valence-electron chi connectivity index (χ0n) is 54.5. The molecule has 0 saturated carbocycles. The first-order valence-electron chi connectivity index (χ1n) is 33.4. The fourth-order valence-electron chi connectivity index (χ4n) is 14.5. The second-order valence-corrected chi connectivity index (χ2v) is 26.9. The van der Waals surface area contributed by atoms with Gasteiger partial charge in [0.2, 0.25) is 5.95 Å². The van der Waals surface area contributed by atoms with Gasteiger partial charge in [-0.15, -0.1) is 0 Å². The van der Waals surface area contributed by atoms with Crippen molar-refractivity contribution in [3.05, 3.63) is 211 Å². The maximum atomic E-state index is 13.1. The molecule has 512 valence electrons. The highest BCUT2D eigenvalue weighted by Gasteiger charge is 2.44. The van der Waals surface area contributed by atoms with E-state index in [1.165, 1.54) is 18.2 Å². The van der Waals surface area contributed by atoms with Crippen molar-refractivity contribution in [3.8, 4) is 0 Å². The third-order valence-corrected chi connectivity index (χ3v) is 19.8. The second kappa shape index (κ2) is 30.2. The van der Waals surface area contributed by atoms with Crippen molar-refractivity contribution < 1.29 is 42.7 Å². The van der Waals surface area contributed by atoms with E-state index in [4.69, 9.17) is 0 Å². The Morgan fingerprint density at radius 3 is 1.14 bits per heavy atom. The van der Waals surface area contributed by atoms with Gasteiger partial charge in [-0.25, -0.2) is 39.1 Å². The summed E-state index contributed by atoms with van der Waals surface area (Å²) in [4.78, 5) is 123. The molecule has 4 aromatic heterocycles. The summed E-state index contributed by atoms with van der Waals surface area (Å²) in [7, 11) is 0. The van der Waals surface area contributed by atoms with Crippen LogP contribution in [-0.4, -0.2) is 113 Å². The van der Waals surface area contributed by atoms with Crippen LogP contribution in [0.3, 0.4) is 0 Å². The second-order valence-electron chi connectivity index (χ2n) is 25.1. The van der Waals surface area contributed by atoms with E-state index < -0.39 is 12.0 Å². The van der Waals surface area contributed by atoms with Crippen LogP contribution < -0.4 is 42.5 Å². The minimum atomic E-state index is -0.665. The largest absolute Gasteiger partial charge is 0.331 e. The maximum Gasteiger partial charge on any atom is 0.324 e. The number of piperidine rings is 4. The van der Waals surface area contributed by atoms with Crippen LogP contribution in [0.2, 0.25) is 0 Å². The number of urea groups is 4. The first-order chi connectivity index (χ1) is 48.5. The number of aromatic nitrogens is 4. The molecule has 16 rings (SSSR count). The van der Waals surface area contributed by atoms with Gasteiger partial charge in [0.25, 0.3) is 23.6 Å². The molecule has 8 N–H and O–H groups in total. The summed E-state index contributed by atoms with van der Waals surface area (Å²) in [6.45, 7) is 4.99. The summed E-state index contributed by atoms with van der Waals surface area (Å²) in [6, 6.07) is 37.2. The van der Waals surface area contributed by atoms with Crippen molar-refractivity contribution in [2.24, 2.45) is 0 Å². The molecule has 4 saturated heterocycles. The Labute approximate surface area is 592 Å². The van der Waals surface area contributed by atoms with E-state index in [2.05, 4.69) is 94.3 Å². The molecule has 12 heterocycles. The van der Waals surface area contributed by atoms with Gasteiger partial charge in [0, 0.05) is 110 Å². The van der Waals surface area contributed by atoms with Gasteiger partial charge in [-0.05, 0) is 212 Å². The van der Waals surface area contributed by atoms with E-state index in [0.29, 0.717) is 67.1 Å². The number of nitrogens with one attached hydrogen (secondary N) is 8. The van der Waals surface area contributed by atoms with Crippen LogP contribution in [0.1, 0.15) is 170 Å². The highest BCUT2D eigenvalue weighted by molar-refractivity contribution is 9.10. The number of halogens is 3. The number of benzene rings is 4. The third-order valence-electron chi connectivity index (χ3n) is 18.9. The van der Waals surface area contributed by atoms with Gasteiger partial charge in [0.15, 0.2) is 0 Å². The molecular formula is C73H71Br2FN16O8. The SMILES string of the molecule is Cc1cccnc1NC(=O)Nc1cccc2c1C1CCCCN1C2=O.O=C(Nc1ccc(Br)cn1)Nc1cccc2c1C1CCCCN1C2=O.O=C(Nc1cccc(Br)n1)Nc1cccc2c1C1CCCCN1C2=O.O=C(Nc1cccc(F)n1)Nc1cccc2c1C1CCCCN1C2=O. The van der Waals surface area contributed by atoms with Gasteiger partial charge in [-0.2, -0.15) is 4.39 Å². The zero-order chi connectivity index (χ0) is 69.6. The lowest BCUT2D eigenvalue weighted by atomic mass is 9.96. The van der Waals surface area contributed by atoms with Gasteiger partial charge in [-0.3, -0.25) is 40.4 Å². The van der Waals surface area contributed by atoms with Gasteiger partial charge in [0.1, 0.15) is 27.9 Å². The lowest BCUT2D eigenvalue weighted by Crippen LogP contribution is -2.32. The van der Waals surface area contributed by atoms with Crippen LogP contribution in [-0.2, 0) is 0 Å². The average Bonchev–Trinajstić information content (AvgIpc) is 1.63. The molecule has 27 heteroatoms.